The highest BCUT2D eigenvalue weighted by Gasteiger charge is 2.40. The Morgan fingerprint density at radius 3 is 2.44 bits per heavy atom. The molecule has 2 rings (SSSR count). The smallest absolute Gasteiger partial charge is 0.105 e. The van der Waals surface area contributed by atoms with Crippen molar-refractivity contribution in [2.75, 3.05) is 19.7 Å². The van der Waals surface area contributed by atoms with Crippen molar-refractivity contribution in [2.24, 2.45) is 0 Å². The zero-order chi connectivity index (χ0) is 11.6. The first-order valence-electron chi connectivity index (χ1n) is 6.31. The van der Waals surface area contributed by atoms with Crippen LogP contribution in [0.4, 0.5) is 0 Å². The highest BCUT2D eigenvalue weighted by atomic mass is 16.5. The van der Waals surface area contributed by atoms with Crippen molar-refractivity contribution in [1.82, 2.24) is 5.32 Å². The van der Waals surface area contributed by atoms with Crippen molar-refractivity contribution in [3.05, 3.63) is 0 Å². The molecular weight excluding hydrogens is 206 g/mol. The van der Waals surface area contributed by atoms with Gasteiger partial charge in [-0.2, -0.15) is 0 Å². The minimum atomic E-state index is -0.755. The SMILES string of the molecule is CC1OCCC1(O)CNCC1(O)CCCC1. The molecule has 1 saturated carbocycles. The van der Waals surface area contributed by atoms with Crippen LogP contribution in [0.2, 0.25) is 0 Å². The fraction of sp³-hybridized carbons (Fsp3) is 1.00. The van der Waals surface area contributed by atoms with Gasteiger partial charge in [0.05, 0.1) is 11.7 Å². The number of aliphatic hydroxyl groups is 2. The van der Waals surface area contributed by atoms with Crippen LogP contribution in [0.25, 0.3) is 0 Å². The summed E-state index contributed by atoms with van der Waals surface area (Å²) >= 11 is 0. The van der Waals surface area contributed by atoms with Crippen LogP contribution in [-0.2, 0) is 4.74 Å². The van der Waals surface area contributed by atoms with E-state index in [1.165, 1.54) is 0 Å². The molecule has 1 saturated heterocycles. The molecule has 4 nitrogen and oxygen atoms in total. The van der Waals surface area contributed by atoms with E-state index in [4.69, 9.17) is 4.74 Å². The zero-order valence-corrected chi connectivity index (χ0v) is 10.0. The van der Waals surface area contributed by atoms with Gasteiger partial charge in [-0.25, -0.2) is 0 Å². The van der Waals surface area contributed by atoms with Crippen molar-refractivity contribution >= 4 is 0 Å². The monoisotopic (exact) mass is 229 g/mol. The summed E-state index contributed by atoms with van der Waals surface area (Å²) in [5.41, 5.74) is -1.30. The van der Waals surface area contributed by atoms with Gasteiger partial charge in [0.25, 0.3) is 0 Å². The Kier molecular flexibility index (Phi) is 3.54. The fourth-order valence-corrected chi connectivity index (χ4v) is 2.72. The van der Waals surface area contributed by atoms with Crippen molar-refractivity contribution < 1.29 is 14.9 Å². The van der Waals surface area contributed by atoms with E-state index in [1.807, 2.05) is 6.92 Å². The summed E-state index contributed by atoms with van der Waals surface area (Å²) in [6.07, 6.45) is 4.55. The highest BCUT2D eigenvalue weighted by Crippen LogP contribution is 2.29. The van der Waals surface area contributed by atoms with E-state index in [0.717, 1.165) is 25.7 Å². The van der Waals surface area contributed by atoms with Crippen LogP contribution in [0.5, 0.6) is 0 Å². The van der Waals surface area contributed by atoms with Gasteiger partial charge in [0.15, 0.2) is 0 Å². The normalized spacial score (nSPS) is 38.1. The van der Waals surface area contributed by atoms with Gasteiger partial charge in [0, 0.05) is 26.1 Å². The average Bonchev–Trinajstić information content (AvgIpc) is 2.77. The summed E-state index contributed by atoms with van der Waals surface area (Å²) in [5.74, 6) is 0. The molecule has 3 N–H and O–H groups in total. The number of ether oxygens (including phenoxy) is 1. The van der Waals surface area contributed by atoms with Crippen molar-refractivity contribution in [2.45, 2.75) is 56.3 Å². The van der Waals surface area contributed by atoms with Gasteiger partial charge in [0.1, 0.15) is 5.60 Å². The van der Waals surface area contributed by atoms with E-state index in [2.05, 4.69) is 5.32 Å². The van der Waals surface area contributed by atoms with E-state index in [-0.39, 0.29) is 6.10 Å². The van der Waals surface area contributed by atoms with E-state index in [1.54, 1.807) is 0 Å². The van der Waals surface area contributed by atoms with Crippen molar-refractivity contribution in [3.8, 4) is 0 Å². The van der Waals surface area contributed by atoms with Gasteiger partial charge in [-0.1, -0.05) is 12.8 Å². The summed E-state index contributed by atoms with van der Waals surface area (Å²) in [6, 6.07) is 0. The number of nitrogens with one attached hydrogen (secondary N) is 1. The minimum Gasteiger partial charge on any atom is -0.389 e. The van der Waals surface area contributed by atoms with Gasteiger partial charge < -0.3 is 20.3 Å². The molecule has 0 aromatic carbocycles. The first kappa shape index (κ1) is 12.3. The molecule has 1 aliphatic carbocycles. The average molecular weight is 229 g/mol. The van der Waals surface area contributed by atoms with Crippen LogP contribution >= 0.6 is 0 Å². The van der Waals surface area contributed by atoms with Crippen LogP contribution in [0.1, 0.15) is 39.0 Å². The lowest BCUT2D eigenvalue weighted by atomic mass is 9.95. The Bertz CT molecular complexity index is 240. The maximum absolute atomic E-state index is 10.2. The van der Waals surface area contributed by atoms with E-state index < -0.39 is 11.2 Å². The molecule has 1 heterocycles. The van der Waals surface area contributed by atoms with Crippen LogP contribution in [0.3, 0.4) is 0 Å². The first-order valence-corrected chi connectivity index (χ1v) is 6.31. The van der Waals surface area contributed by atoms with Crippen molar-refractivity contribution in [3.63, 3.8) is 0 Å². The van der Waals surface area contributed by atoms with Gasteiger partial charge in [-0.15, -0.1) is 0 Å². The number of hydrogen-bond donors (Lipinski definition) is 3. The molecule has 4 heteroatoms. The molecule has 2 atom stereocenters. The second-order valence-electron chi connectivity index (χ2n) is 5.40. The molecule has 0 bridgehead atoms. The third kappa shape index (κ3) is 2.56. The third-order valence-corrected chi connectivity index (χ3v) is 4.08. The Labute approximate surface area is 97.0 Å². The molecule has 0 spiro atoms. The Morgan fingerprint density at radius 1 is 1.19 bits per heavy atom. The lowest BCUT2D eigenvalue weighted by molar-refractivity contribution is -0.0312. The Balaban J connectivity index is 1.75. The molecule has 0 amide bonds. The lowest BCUT2D eigenvalue weighted by Crippen LogP contribution is -2.49. The summed E-state index contributed by atoms with van der Waals surface area (Å²) in [7, 11) is 0. The second-order valence-corrected chi connectivity index (χ2v) is 5.40. The number of hydrogen-bond acceptors (Lipinski definition) is 4. The predicted molar refractivity (Wildman–Crippen MR) is 61.3 cm³/mol. The predicted octanol–water partition coefficient (Wildman–Crippen LogP) is 0.421. The van der Waals surface area contributed by atoms with Gasteiger partial charge in [-0.3, -0.25) is 0 Å². The van der Waals surface area contributed by atoms with Gasteiger partial charge in [0.2, 0.25) is 0 Å². The molecule has 2 aliphatic rings. The van der Waals surface area contributed by atoms with Crippen LogP contribution in [0.15, 0.2) is 0 Å². The molecule has 0 aromatic heterocycles. The summed E-state index contributed by atoms with van der Waals surface area (Å²) < 4.78 is 5.36. The molecule has 0 radical (unpaired) electrons. The Hall–Kier alpha value is -0.160. The van der Waals surface area contributed by atoms with Crippen LogP contribution in [0, 0.1) is 0 Å². The van der Waals surface area contributed by atoms with Crippen molar-refractivity contribution in [1.29, 1.82) is 0 Å². The third-order valence-electron chi connectivity index (χ3n) is 4.08. The second kappa shape index (κ2) is 4.61. The van der Waals surface area contributed by atoms with Crippen LogP contribution < -0.4 is 5.32 Å². The molecule has 2 unspecified atom stereocenters. The molecular formula is C12H23NO3. The topological polar surface area (TPSA) is 61.7 Å². The van der Waals surface area contributed by atoms with E-state index in [0.29, 0.717) is 26.1 Å². The van der Waals surface area contributed by atoms with E-state index >= 15 is 0 Å². The number of rotatable bonds is 4. The van der Waals surface area contributed by atoms with Crippen LogP contribution in [-0.4, -0.2) is 47.2 Å². The standard InChI is InChI=1S/C12H23NO3/c1-10-12(15,6-7-16-10)9-13-8-11(14)4-2-3-5-11/h10,13-15H,2-9H2,1H3. The maximum Gasteiger partial charge on any atom is 0.105 e. The Morgan fingerprint density at radius 2 is 1.88 bits per heavy atom. The maximum atomic E-state index is 10.2. The summed E-state index contributed by atoms with van der Waals surface area (Å²) in [6.45, 7) is 3.63. The first-order chi connectivity index (χ1) is 7.54. The summed E-state index contributed by atoms with van der Waals surface area (Å²) in [4.78, 5) is 0. The largest absolute Gasteiger partial charge is 0.389 e. The molecule has 94 valence electrons. The minimum absolute atomic E-state index is 0.113. The van der Waals surface area contributed by atoms with E-state index in [9.17, 15) is 10.2 Å². The van der Waals surface area contributed by atoms with Gasteiger partial charge >= 0.3 is 0 Å². The molecule has 1 aliphatic heterocycles. The zero-order valence-electron chi connectivity index (χ0n) is 10.0. The summed E-state index contributed by atoms with van der Waals surface area (Å²) in [5, 5.41) is 23.6. The van der Waals surface area contributed by atoms with Gasteiger partial charge in [-0.05, 0) is 19.8 Å². The quantitative estimate of drug-likeness (QED) is 0.654. The lowest BCUT2D eigenvalue weighted by Gasteiger charge is -2.29. The molecule has 0 aromatic rings. The fourth-order valence-electron chi connectivity index (χ4n) is 2.72. The molecule has 2 fully saturated rings. The molecule has 16 heavy (non-hydrogen) atoms. The highest BCUT2D eigenvalue weighted by molar-refractivity contribution is 4.93.